The third-order valence-corrected chi connectivity index (χ3v) is 5.96. The first-order chi connectivity index (χ1) is 12.2. The van der Waals surface area contributed by atoms with Gasteiger partial charge in [-0.05, 0) is 44.4 Å². The minimum absolute atomic E-state index is 0.0341. The predicted octanol–water partition coefficient (Wildman–Crippen LogP) is 1.93. The van der Waals surface area contributed by atoms with Crippen molar-refractivity contribution in [3.05, 3.63) is 0 Å². The lowest BCUT2D eigenvalue weighted by Gasteiger charge is -2.31. The number of hydrogen-bond acceptors (Lipinski definition) is 4. The molecule has 1 saturated carbocycles. The maximum absolute atomic E-state index is 9.36. The molecule has 1 heterocycles. The van der Waals surface area contributed by atoms with Gasteiger partial charge in [0.25, 0.3) is 0 Å². The number of guanidine groups is 1. The Morgan fingerprint density at radius 3 is 2.40 bits per heavy atom. The van der Waals surface area contributed by atoms with Gasteiger partial charge < -0.3 is 25.2 Å². The number of aliphatic imine (C=N–C) groups is 1. The second-order valence-electron chi connectivity index (χ2n) is 7.71. The molecule has 0 aromatic rings. The zero-order chi connectivity index (χ0) is 18.0. The van der Waals surface area contributed by atoms with Crippen LogP contribution in [0.1, 0.15) is 51.9 Å². The summed E-state index contributed by atoms with van der Waals surface area (Å²) in [4.78, 5) is 4.39. The summed E-state index contributed by atoms with van der Waals surface area (Å²) in [6.45, 7) is 7.15. The lowest BCUT2D eigenvalue weighted by Crippen LogP contribution is -2.47. The third-order valence-electron chi connectivity index (χ3n) is 5.96. The monoisotopic (exact) mass is 355 g/mol. The molecule has 1 atom stereocenters. The summed E-state index contributed by atoms with van der Waals surface area (Å²) in [6.07, 6.45) is 8.06. The van der Waals surface area contributed by atoms with Crippen molar-refractivity contribution < 1.29 is 14.6 Å². The summed E-state index contributed by atoms with van der Waals surface area (Å²) in [7, 11) is 1.82. The van der Waals surface area contributed by atoms with Gasteiger partial charge in [-0.15, -0.1) is 0 Å². The molecule has 0 amide bonds. The van der Waals surface area contributed by atoms with Crippen molar-refractivity contribution in [2.24, 2.45) is 15.8 Å². The van der Waals surface area contributed by atoms with Gasteiger partial charge in [0.2, 0.25) is 0 Å². The van der Waals surface area contributed by atoms with E-state index in [1.54, 1.807) is 0 Å². The Morgan fingerprint density at radius 2 is 1.84 bits per heavy atom. The van der Waals surface area contributed by atoms with Crippen LogP contribution in [0.15, 0.2) is 4.99 Å². The molecule has 1 unspecified atom stereocenters. The van der Waals surface area contributed by atoms with Crippen LogP contribution in [0.25, 0.3) is 0 Å². The minimum Gasteiger partial charge on any atom is -0.396 e. The summed E-state index contributed by atoms with van der Waals surface area (Å²) >= 11 is 0. The smallest absolute Gasteiger partial charge is 0.191 e. The van der Waals surface area contributed by atoms with Crippen molar-refractivity contribution in [2.45, 2.75) is 51.9 Å². The molecule has 0 bridgehead atoms. The molecule has 6 heteroatoms. The number of aliphatic hydroxyl groups is 1. The van der Waals surface area contributed by atoms with E-state index in [4.69, 9.17) is 9.47 Å². The Balaban J connectivity index is 1.82. The van der Waals surface area contributed by atoms with Crippen LogP contribution in [-0.2, 0) is 9.47 Å². The highest BCUT2D eigenvalue weighted by Crippen LogP contribution is 2.40. The van der Waals surface area contributed by atoms with E-state index in [0.717, 1.165) is 64.7 Å². The zero-order valence-corrected chi connectivity index (χ0v) is 16.1. The van der Waals surface area contributed by atoms with Gasteiger partial charge in [0.1, 0.15) is 0 Å². The molecule has 1 saturated heterocycles. The van der Waals surface area contributed by atoms with Gasteiger partial charge in [-0.2, -0.15) is 0 Å². The minimum atomic E-state index is 0.0341. The van der Waals surface area contributed by atoms with Gasteiger partial charge in [0, 0.05) is 52.0 Å². The molecule has 146 valence electrons. The van der Waals surface area contributed by atoms with Crippen LogP contribution in [0.5, 0.6) is 0 Å². The van der Waals surface area contributed by atoms with Crippen molar-refractivity contribution >= 4 is 5.96 Å². The van der Waals surface area contributed by atoms with Crippen LogP contribution in [0.2, 0.25) is 0 Å². The Bertz CT molecular complexity index is 403. The fourth-order valence-electron chi connectivity index (χ4n) is 4.15. The fourth-order valence-corrected chi connectivity index (χ4v) is 4.15. The van der Waals surface area contributed by atoms with E-state index in [1.165, 1.54) is 25.7 Å². The van der Waals surface area contributed by atoms with Crippen molar-refractivity contribution in [2.75, 3.05) is 53.2 Å². The lowest BCUT2D eigenvalue weighted by molar-refractivity contribution is 0.105. The van der Waals surface area contributed by atoms with Crippen LogP contribution in [0, 0.1) is 10.8 Å². The largest absolute Gasteiger partial charge is 0.396 e. The summed E-state index contributed by atoms with van der Waals surface area (Å²) in [5, 5.41) is 16.4. The van der Waals surface area contributed by atoms with Gasteiger partial charge in [-0.3, -0.25) is 4.99 Å². The SMILES string of the molecule is CCOCCC1(CNC(=NC)NCC2(CCO)CCOC2)CCCC1. The molecule has 2 rings (SSSR count). The van der Waals surface area contributed by atoms with E-state index in [-0.39, 0.29) is 12.0 Å². The standard InChI is InChI=1S/C19H37N3O3/c1-3-24-12-9-18(6-4-5-7-18)14-21-17(20-2)22-15-19(8-11-23)10-13-25-16-19/h23H,3-16H2,1-2H3,(H2,20,21,22). The van der Waals surface area contributed by atoms with E-state index in [1.807, 2.05) is 7.05 Å². The summed E-state index contributed by atoms with van der Waals surface area (Å²) in [6, 6.07) is 0. The molecule has 0 aromatic heterocycles. The quantitative estimate of drug-likeness (QED) is 0.317. The van der Waals surface area contributed by atoms with Crippen LogP contribution in [0.4, 0.5) is 0 Å². The average molecular weight is 356 g/mol. The third kappa shape index (κ3) is 6.12. The van der Waals surface area contributed by atoms with E-state index in [0.29, 0.717) is 5.41 Å². The molecule has 1 aliphatic carbocycles. The highest BCUT2D eigenvalue weighted by molar-refractivity contribution is 5.79. The van der Waals surface area contributed by atoms with Crippen molar-refractivity contribution in [3.8, 4) is 0 Å². The van der Waals surface area contributed by atoms with Gasteiger partial charge in [-0.25, -0.2) is 0 Å². The number of nitrogens with one attached hydrogen (secondary N) is 2. The summed E-state index contributed by atoms with van der Waals surface area (Å²) in [5.74, 6) is 0.854. The molecular weight excluding hydrogens is 318 g/mol. The van der Waals surface area contributed by atoms with Crippen molar-refractivity contribution in [1.82, 2.24) is 10.6 Å². The van der Waals surface area contributed by atoms with Gasteiger partial charge in [-0.1, -0.05) is 12.8 Å². The normalized spacial score (nSPS) is 26.1. The Labute approximate surface area is 152 Å². The maximum Gasteiger partial charge on any atom is 0.191 e. The Morgan fingerprint density at radius 1 is 1.12 bits per heavy atom. The molecule has 0 radical (unpaired) electrons. The number of aliphatic hydroxyl groups excluding tert-OH is 1. The molecule has 2 fully saturated rings. The zero-order valence-electron chi connectivity index (χ0n) is 16.1. The van der Waals surface area contributed by atoms with Crippen molar-refractivity contribution in [3.63, 3.8) is 0 Å². The van der Waals surface area contributed by atoms with E-state index < -0.39 is 0 Å². The first-order valence-corrected chi connectivity index (χ1v) is 9.88. The summed E-state index contributed by atoms with van der Waals surface area (Å²) in [5.41, 5.74) is 0.373. The number of hydrogen-bond donors (Lipinski definition) is 3. The fraction of sp³-hybridized carbons (Fsp3) is 0.947. The maximum atomic E-state index is 9.36. The average Bonchev–Trinajstić information content (AvgIpc) is 3.27. The summed E-state index contributed by atoms with van der Waals surface area (Å²) < 4.78 is 11.2. The molecule has 6 nitrogen and oxygen atoms in total. The van der Waals surface area contributed by atoms with Gasteiger partial charge >= 0.3 is 0 Å². The van der Waals surface area contributed by atoms with Crippen molar-refractivity contribution in [1.29, 1.82) is 0 Å². The topological polar surface area (TPSA) is 75.1 Å². The lowest BCUT2D eigenvalue weighted by atomic mass is 9.83. The van der Waals surface area contributed by atoms with Crippen LogP contribution >= 0.6 is 0 Å². The van der Waals surface area contributed by atoms with Crippen LogP contribution in [0.3, 0.4) is 0 Å². The van der Waals surface area contributed by atoms with E-state index in [9.17, 15) is 5.11 Å². The molecule has 2 aliphatic rings. The Kier molecular flexibility index (Phi) is 8.46. The van der Waals surface area contributed by atoms with Gasteiger partial charge in [0.05, 0.1) is 6.61 Å². The molecule has 0 aromatic carbocycles. The first-order valence-electron chi connectivity index (χ1n) is 9.88. The number of nitrogens with zero attached hydrogens (tertiary/aromatic N) is 1. The Hall–Kier alpha value is -0.850. The highest BCUT2D eigenvalue weighted by Gasteiger charge is 2.35. The number of ether oxygens (including phenoxy) is 2. The van der Waals surface area contributed by atoms with Crippen LogP contribution < -0.4 is 10.6 Å². The van der Waals surface area contributed by atoms with E-state index in [2.05, 4.69) is 22.5 Å². The van der Waals surface area contributed by atoms with E-state index >= 15 is 0 Å². The highest BCUT2D eigenvalue weighted by atomic mass is 16.5. The molecule has 3 N–H and O–H groups in total. The molecule has 25 heavy (non-hydrogen) atoms. The molecular formula is C19H37N3O3. The second-order valence-corrected chi connectivity index (χ2v) is 7.71. The molecule has 0 spiro atoms. The second kappa shape index (κ2) is 10.3. The van der Waals surface area contributed by atoms with Crippen LogP contribution in [-0.4, -0.2) is 64.2 Å². The van der Waals surface area contributed by atoms with Gasteiger partial charge in [0.15, 0.2) is 5.96 Å². The number of rotatable bonds is 10. The first kappa shape index (κ1) is 20.5. The predicted molar refractivity (Wildman–Crippen MR) is 101 cm³/mol. The molecule has 1 aliphatic heterocycles.